The minimum atomic E-state index is 0.0561. The summed E-state index contributed by atoms with van der Waals surface area (Å²) in [7, 11) is 0. The van der Waals surface area contributed by atoms with E-state index in [9.17, 15) is 9.90 Å². The van der Waals surface area contributed by atoms with E-state index < -0.39 is 0 Å². The maximum Gasteiger partial charge on any atom is 0.167 e. The highest BCUT2D eigenvalue weighted by Crippen LogP contribution is 2.36. The normalized spacial score (nSPS) is 16.2. The molecular weight excluding hydrogens is 188 g/mol. The number of benzene rings is 1. The number of hydrogen-bond donors (Lipinski definition) is 1. The van der Waals surface area contributed by atoms with E-state index in [2.05, 4.69) is 6.58 Å². The highest BCUT2D eigenvalue weighted by Gasteiger charge is 2.25. The average Bonchev–Trinajstić information content (AvgIpc) is 2.61. The van der Waals surface area contributed by atoms with Crippen LogP contribution in [0.3, 0.4) is 0 Å². The fourth-order valence-electron chi connectivity index (χ4n) is 2.04. The Balaban J connectivity index is 2.58. The van der Waals surface area contributed by atoms with Gasteiger partial charge in [0, 0.05) is 17.9 Å². The molecule has 2 rings (SSSR count). The van der Waals surface area contributed by atoms with Gasteiger partial charge in [-0.3, -0.25) is 4.79 Å². The number of allylic oxidation sites excluding steroid dienone is 1. The van der Waals surface area contributed by atoms with Crippen molar-refractivity contribution in [2.24, 2.45) is 0 Å². The highest BCUT2D eigenvalue weighted by molar-refractivity contribution is 6.03. The van der Waals surface area contributed by atoms with E-state index in [0.717, 1.165) is 17.5 Å². The number of aryl methyl sites for hydroxylation is 1. The van der Waals surface area contributed by atoms with Crippen LogP contribution in [-0.2, 0) is 6.42 Å². The monoisotopic (exact) mass is 202 g/mol. The molecule has 15 heavy (non-hydrogen) atoms. The van der Waals surface area contributed by atoms with Crippen molar-refractivity contribution in [1.29, 1.82) is 0 Å². The summed E-state index contributed by atoms with van der Waals surface area (Å²) >= 11 is 0. The molecule has 0 aliphatic heterocycles. The molecule has 0 saturated carbocycles. The minimum absolute atomic E-state index is 0.0561. The molecule has 1 aliphatic carbocycles. The van der Waals surface area contributed by atoms with Gasteiger partial charge in [-0.1, -0.05) is 25.1 Å². The Morgan fingerprint density at radius 2 is 2.20 bits per heavy atom. The zero-order valence-electron chi connectivity index (χ0n) is 8.79. The van der Waals surface area contributed by atoms with Gasteiger partial charge in [-0.2, -0.15) is 0 Å². The minimum Gasteiger partial charge on any atom is -0.507 e. The molecule has 1 aromatic carbocycles. The Hall–Kier alpha value is -1.57. The lowest BCUT2D eigenvalue weighted by Crippen LogP contribution is -1.97. The van der Waals surface area contributed by atoms with Gasteiger partial charge in [-0.25, -0.2) is 0 Å². The van der Waals surface area contributed by atoms with Crippen molar-refractivity contribution in [2.75, 3.05) is 0 Å². The molecule has 1 aliphatic rings. The first-order valence-corrected chi connectivity index (χ1v) is 5.15. The predicted octanol–water partition coefficient (Wildman–Crippen LogP) is 2.81. The van der Waals surface area contributed by atoms with E-state index in [-0.39, 0.29) is 17.5 Å². The summed E-state index contributed by atoms with van der Waals surface area (Å²) in [4.78, 5) is 11.6. The van der Waals surface area contributed by atoms with Crippen LogP contribution in [-0.4, -0.2) is 10.9 Å². The van der Waals surface area contributed by atoms with Crippen molar-refractivity contribution in [3.05, 3.63) is 41.5 Å². The lowest BCUT2D eigenvalue weighted by Gasteiger charge is -2.11. The Morgan fingerprint density at radius 3 is 2.87 bits per heavy atom. The Morgan fingerprint density at radius 1 is 1.47 bits per heavy atom. The summed E-state index contributed by atoms with van der Waals surface area (Å²) in [6.45, 7) is 5.65. The largest absolute Gasteiger partial charge is 0.507 e. The van der Waals surface area contributed by atoms with Crippen LogP contribution in [0, 0.1) is 0 Å². The van der Waals surface area contributed by atoms with Crippen molar-refractivity contribution in [3.63, 3.8) is 0 Å². The first kappa shape index (κ1) is 9.97. The number of phenolic OH excluding ortho intramolecular Hbond substituents is 1. The fourth-order valence-corrected chi connectivity index (χ4v) is 2.04. The molecule has 1 aromatic rings. The summed E-state index contributed by atoms with van der Waals surface area (Å²) in [5.41, 5.74) is 2.29. The number of hydrogen-bond acceptors (Lipinski definition) is 2. The molecule has 0 radical (unpaired) electrons. The van der Waals surface area contributed by atoms with E-state index in [1.807, 2.05) is 19.1 Å². The molecule has 0 saturated heterocycles. The zero-order chi connectivity index (χ0) is 11.0. The van der Waals surface area contributed by atoms with Crippen LogP contribution in [0.2, 0.25) is 0 Å². The van der Waals surface area contributed by atoms with E-state index in [1.54, 1.807) is 6.08 Å². The molecule has 1 atom stereocenters. The Kier molecular flexibility index (Phi) is 2.35. The van der Waals surface area contributed by atoms with E-state index in [0.29, 0.717) is 12.0 Å². The molecule has 0 amide bonds. The summed E-state index contributed by atoms with van der Waals surface area (Å²) in [6, 6.07) is 3.83. The smallest absolute Gasteiger partial charge is 0.167 e. The molecule has 0 heterocycles. The van der Waals surface area contributed by atoms with Gasteiger partial charge in [0.2, 0.25) is 0 Å². The molecular formula is C13H14O2. The number of fused-ring (bicyclic) bond motifs is 1. The molecule has 0 aromatic heterocycles. The molecule has 1 N–H and O–H groups in total. The van der Waals surface area contributed by atoms with E-state index in [4.69, 9.17) is 0 Å². The van der Waals surface area contributed by atoms with Crippen LogP contribution in [0.25, 0.3) is 0 Å². The van der Waals surface area contributed by atoms with E-state index in [1.165, 1.54) is 0 Å². The number of Topliss-reactive ketones (excluding diaryl/α,β-unsaturated/α-hetero) is 1. The van der Waals surface area contributed by atoms with E-state index >= 15 is 0 Å². The van der Waals surface area contributed by atoms with Crippen LogP contribution in [0.1, 0.15) is 40.7 Å². The second-order valence-electron chi connectivity index (χ2n) is 3.99. The topological polar surface area (TPSA) is 37.3 Å². The lowest BCUT2D eigenvalue weighted by atomic mass is 9.95. The Labute approximate surface area is 89.2 Å². The van der Waals surface area contributed by atoms with Gasteiger partial charge in [-0.15, -0.1) is 6.58 Å². The highest BCUT2D eigenvalue weighted by atomic mass is 16.3. The third kappa shape index (κ3) is 1.46. The third-order valence-corrected chi connectivity index (χ3v) is 3.04. The maximum atomic E-state index is 11.6. The summed E-state index contributed by atoms with van der Waals surface area (Å²) in [6.07, 6.45) is 3.04. The van der Waals surface area contributed by atoms with Gasteiger partial charge in [0.1, 0.15) is 5.75 Å². The molecule has 0 fully saturated rings. The zero-order valence-corrected chi connectivity index (χ0v) is 8.79. The van der Waals surface area contributed by atoms with Crippen LogP contribution >= 0.6 is 0 Å². The maximum absolute atomic E-state index is 11.6. The van der Waals surface area contributed by atoms with Gasteiger partial charge in [0.05, 0.1) is 5.56 Å². The SMILES string of the molecule is C=CC(C)c1ccc2c(c1O)C(=O)CC2. The molecule has 2 heteroatoms. The van der Waals surface area contributed by atoms with Crippen molar-refractivity contribution in [3.8, 4) is 5.75 Å². The second-order valence-corrected chi connectivity index (χ2v) is 3.99. The quantitative estimate of drug-likeness (QED) is 0.749. The average molecular weight is 202 g/mol. The molecule has 0 spiro atoms. The molecule has 78 valence electrons. The number of ketones is 1. The van der Waals surface area contributed by atoms with Crippen LogP contribution < -0.4 is 0 Å². The van der Waals surface area contributed by atoms with Crippen molar-refractivity contribution in [2.45, 2.75) is 25.7 Å². The standard InChI is InChI=1S/C13H14O2/c1-3-8(2)10-6-4-9-5-7-11(14)12(9)13(10)15/h3-4,6,8,15H,1,5,7H2,2H3. The first-order chi connectivity index (χ1) is 7.15. The summed E-state index contributed by atoms with van der Waals surface area (Å²) in [5, 5.41) is 10.0. The third-order valence-electron chi connectivity index (χ3n) is 3.04. The molecule has 1 unspecified atom stereocenters. The Bertz CT molecular complexity index is 432. The summed E-state index contributed by atoms with van der Waals surface area (Å²) < 4.78 is 0. The van der Waals surface area contributed by atoms with Crippen molar-refractivity contribution in [1.82, 2.24) is 0 Å². The first-order valence-electron chi connectivity index (χ1n) is 5.15. The predicted molar refractivity (Wildman–Crippen MR) is 59.4 cm³/mol. The van der Waals surface area contributed by atoms with Gasteiger partial charge in [-0.05, 0) is 12.0 Å². The van der Waals surface area contributed by atoms with Crippen LogP contribution in [0.15, 0.2) is 24.8 Å². The van der Waals surface area contributed by atoms with Gasteiger partial charge >= 0.3 is 0 Å². The number of rotatable bonds is 2. The number of aromatic hydroxyl groups is 1. The van der Waals surface area contributed by atoms with Gasteiger partial charge in [0.15, 0.2) is 5.78 Å². The number of carbonyl (C=O) groups is 1. The second kappa shape index (κ2) is 3.54. The lowest BCUT2D eigenvalue weighted by molar-refractivity contribution is 0.0992. The van der Waals surface area contributed by atoms with Gasteiger partial charge < -0.3 is 5.11 Å². The summed E-state index contributed by atoms with van der Waals surface area (Å²) in [5.74, 6) is 0.284. The van der Waals surface area contributed by atoms with Crippen molar-refractivity contribution < 1.29 is 9.90 Å². The number of carbonyl (C=O) groups excluding carboxylic acids is 1. The molecule has 2 nitrogen and oxygen atoms in total. The van der Waals surface area contributed by atoms with Gasteiger partial charge in [0.25, 0.3) is 0 Å². The number of phenols is 1. The van der Waals surface area contributed by atoms with Crippen LogP contribution in [0.5, 0.6) is 5.75 Å². The van der Waals surface area contributed by atoms with Crippen LogP contribution in [0.4, 0.5) is 0 Å². The molecule has 0 bridgehead atoms. The fraction of sp³-hybridized carbons (Fsp3) is 0.308. The van der Waals surface area contributed by atoms with Crippen molar-refractivity contribution >= 4 is 5.78 Å².